The van der Waals surface area contributed by atoms with Crippen molar-refractivity contribution in [2.45, 2.75) is 61.2 Å². The first-order chi connectivity index (χ1) is 18.6. The fourth-order valence-electron chi connectivity index (χ4n) is 4.75. The van der Waals surface area contributed by atoms with Crippen LogP contribution in [0.2, 0.25) is 0 Å². The van der Waals surface area contributed by atoms with Crippen LogP contribution in [0.5, 0.6) is 17.2 Å². The van der Waals surface area contributed by atoms with E-state index in [1.165, 1.54) is 18.2 Å². The molecule has 13 heteroatoms. The minimum absolute atomic E-state index is 0.0275. The maximum Gasteiger partial charge on any atom is 0.229 e. The predicted octanol–water partition coefficient (Wildman–Crippen LogP) is -1.26. The highest BCUT2D eigenvalue weighted by Gasteiger charge is 2.53. The Kier molecular flexibility index (Phi) is 7.79. The van der Waals surface area contributed by atoms with Crippen molar-refractivity contribution in [2.75, 3.05) is 19.8 Å². The zero-order chi connectivity index (χ0) is 27.9. The number of benzene rings is 2. The fourth-order valence-corrected chi connectivity index (χ4v) is 4.75. The number of phenolic OH excluding ortho intramolecular Hbond substituents is 1. The summed E-state index contributed by atoms with van der Waals surface area (Å²) in [6.45, 7) is -1.88. The molecule has 2 saturated heterocycles. The van der Waals surface area contributed by atoms with Crippen molar-refractivity contribution in [3.8, 4) is 17.2 Å². The van der Waals surface area contributed by atoms with Crippen LogP contribution in [0, 0.1) is 0 Å². The Labute approximate surface area is 222 Å². The van der Waals surface area contributed by atoms with Gasteiger partial charge in [-0.05, 0) is 29.8 Å². The Balaban J connectivity index is 1.31. The topological polar surface area (TPSA) is 205 Å². The van der Waals surface area contributed by atoms with Gasteiger partial charge in [-0.1, -0.05) is 12.1 Å². The number of fused-ring (bicyclic) bond motifs is 1. The number of Topliss-reactive ketones (excluding diaryl/α,β-unsaturated/α-hetero) is 1. The summed E-state index contributed by atoms with van der Waals surface area (Å²) < 4.78 is 28.3. The van der Waals surface area contributed by atoms with Crippen molar-refractivity contribution in [1.82, 2.24) is 0 Å². The number of ether oxygens (including phenoxy) is 5. The second-order valence-corrected chi connectivity index (χ2v) is 9.79. The van der Waals surface area contributed by atoms with Gasteiger partial charge < -0.3 is 59.4 Å². The second-order valence-electron chi connectivity index (χ2n) is 9.79. The Bertz CT molecular complexity index is 1170. The van der Waals surface area contributed by atoms with E-state index in [-0.39, 0.29) is 29.5 Å². The molecule has 212 valence electrons. The van der Waals surface area contributed by atoms with Gasteiger partial charge in [-0.15, -0.1) is 0 Å². The highest BCUT2D eigenvalue weighted by molar-refractivity contribution is 6.00. The van der Waals surface area contributed by atoms with Crippen LogP contribution in [0.25, 0.3) is 0 Å². The van der Waals surface area contributed by atoms with Gasteiger partial charge in [0.1, 0.15) is 53.4 Å². The van der Waals surface area contributed by atoms with E-state index >= 15 is 0 Å². The van der Waals surface area contributed by atoms with Crippen LogP contribution < -0.4 is 9.47 Å². The number of aromatic hydroxyl groups is 1. The van der Waals surface area contributed by atoms with Crippen LogP contribution in [0.3, 0.4) is 0 Å². The van der Waals surface area contributed by atoms with E-state index in [0.29, 0.717) is 11.1 Å². The van der Waals surface area contributed by atoms with Gasteiger partial charge in [0.25, 0.3) is 0 Å². The molecule has 0 spiro atoms. The Morgan fingerprint density at radius 3 is 2.41 bits per heavy atom. The van der Waals surface area contributed by atoms with E-state index in [2.05, 4.69) is 0 Å². The van der Waals surface area contributed by atoms with Crippen LogP contribution in [0.4, 0.5) is 0 Å². The minimum atomic E-state index is -1.98. The SMILES string of the molecule is O=C1C[C@@H](c2ccc(O[C@H]3O[C@@H](CO)[C@@H](O)[C@@H](O)[C@H]3O[C@@H]3OC[C@@](O)(CO)[C@H]3O)cc2)Oc2cc(O)ccc21. The molecule has 2 fully saturated rings. The van der Waals surface area contributed by atoms with Gasteiger partial charge >= 0.3 is 0 Å². The van der Waals surface area contributed by atoms with Gasteiger partial charge in [-0.3, -0.25) is 4.79 Å². The van der Waals surface area contributed by atoms with Gasteiger partial charge in [0.05, 0.1) is 31.8 Å². The van der Waals surface area contributed by atoms with Crippen LogP contribution >= 0.6 is 0 Å². The molecule has 3 aliphatic heterocycles. The standard InChI is InChI=1S/C26H30O13/c27-9-19-20(31)21(32)22(39-25-23(33)26(34,10-28)11-35-25)24(38-19)36-14-4-1-12(2-5-14)17-8-16(30)15-6-3-13(29)7-18(15)37-17/h1-7,17,19-25,27-29,31-34H,8-11H2/t17-,19-,20+,21+,22+,23-,24-,25-,26-/m0/s1. The first kappa shape index (κ1) is 27.7. The molecule has 0 amide bonds. The lowest BCUT2D eigenvalue weighted by Gasteiger charge is -2.42. The molecule has 0 radical (unpaired) electrons. The molecule has 3 aliphatic rings. The summed E-state index contributed by atoms with van der Waals surface area (Å²) in [5.41, 5.74) is -0.945. The zero-order valence-corrected chi connectivity index (χ0v) is 20.6. The zero-order valence-electron chi connectivity index (χ0n) is 20.6. The lowest BCUT2D eigenvalue weighted by Crippen LogP contribution is -2.62. The highest BCUT2D eigenvalue weighted by Crippen LogP contribution is 2.38. The molecule has 2 aromatic carbocycles. The van der Waals surface area contributed by atoms with Crippen molar-refractivity contribution < 1.29 is 64.2 Å². The maximum atomic E-state index is 12.5. The molecule has 9 atom stereocenters. The van der Waals surface area contributed by atoms with E-state index in [0.717, 1.165) is 0 Å². The van der Waals surface area contributed by atoms with Crippen LogP contribution in [0.1, 0.15) is 28.4 Å². The van der Waals surface area contributed by atoms with Crippen LogP contribution in [0.15, 0.2) is 42.5 Å². The van der Waals surface area contributed by atoms with Crippen LogP contribution in [-0.2, 0) is 14.2 Å². The summed E-state index contributed by atoms with van der Waals surface area (Å²) in [7, 11) is 0. The third-order valence-corrected chi connectivity index (χ3v) is 7.11. The molecule has 3 heterocycles. The summed E-state index contributed by atoms with van der Waals surface area (Å²) in [5, 5.41) is 70.3. The molecule has 0 saturated carbocycles. The van der Waals surface area contributed by atoms with E-state index in [1.807, 2.05) is 0 Å². The van der Waals surface area contributed by atoms with Crippen molar-refractivity contribution >= 4 is 5.78 Å². The minimum Gasteiger partial charge on any atom is -0.508 e. The summed E-state index contributed by atoms with van der Waals surface area (Å²) in [5.74, 6) is 0.348. The monoisotopic (exact) mass is 550 g/mol. The number of carbonyl (C=O) groups is 1. The predicted molar refractivity (Wildman–Crippen MR) is 128 cm³/mol. The van der Waals surface area contributed by atoms with Gasteiger partial charge in [0, 0.05) is 6.07 Å². The molecule has 13 nitrogen and oxygen atoms in total. The quantitative estimate of drug-likeness (QED) is 0.215. The first-order valence-electron chi connectivity index (χ1n) is 12.3. The van der Waals surface area contributed by atoms with Crippen LogP contribution in [-0.4, -0.2) is 110 Å². The third-order valence-electron chi connectivity index (χ3n) is 7.11. The molecule has 0 aromatic heterocycles. The van der Waals surface area contributed by atoms with E-state index in [9.17, 15) is 40.5 Å². The molecule has 39 heavy (non-hydrogen) atoms. The number of hydrogen-bond acceptors (Lipinski definition) is 13. The summed E-state index contributed by atoms with van der Waals surface area (Å²) in [4.78, 5) is 12.5. The number of rotatable bonds is 7. The van der Waals surface area contributed by atoms with E-state index in [4.69, 9.17) is 23.7 Å². The van der Waals surface area contributed by atoms with Gasteiger partial charge in [-0.2, -0.15) is 0 Å². The van der Waals surface area contributed by atoms with Crippen molar-refractivity contribution in [2.24, 2.45) is 0 Å². The molecule has 0 aliphatic carbocycles. The number of carbonyl (C=O) groups excluding carboxylic acids is 1. The average Bonchev–Trinajstić information content (AvgIpc) is 3.21. The fraction of sp³-hybridized carbons (Fsp3) is 0.500. The lowest BCUT2D eigenvalue weighted by molar-refractivity contribution is -0.318. The summed E-state index contributed by atoms with van der Waals surface area (Å²) in [6, 6.07) is 10.7. The Hall–Kier alpha value is -2.85. The molecule has 0 bridgehead atoms. The van der Waals surface area contributed by atoms with Gasteiger partial charge in [0.2, 0.25) is 6.29 Å². The number of hydrogen-bond donors (Lipinski definition) is 7. The Morgan fingerprint density at radius 2 is 1.74 bits per heavy atom. The summed E-state index contributed by atoms with van der Waals surface area (Å²) >= 11 is 0. The van der Waals surface area contributed by atoms with Crippen molar-refractivity contribution in [1.29, 1.82) is 0 Å². The van der Waals surface area contributed by atoms with Gasteiger partial charge in [0.15, 0.2) is 18.2 Å². The number of phenols is 1. The first-order valence-corrected chi connectivity index (χ1v) is 12.3. The normalized spacial score (nSPS) is 36.3. The molecular weight excluding hydrogens is 520 g/mol. The Morgan fingerprint density at radius 1 is 1.00 bits per heavy atom. The van der Waals surface area contributed by atoms with Crippen molar-refractivity contribution in [3.05, 3.63) is 53.6 Å². The smallest absolute Gasteiger partial charge is 0.229 e. The molecule has 2 aromatic rings. The average molecular weight is 551 g/mol. The molecule has 0 unspecified atom stereocenters. The van der Waals surface area contributed by atoms with Gasteiger partial charge in [-0.25, -0.2) is 0 Å². The third kappa shape index (κ3) is 5.33. The number of aliphatic hydroxyl groups excluding tert-OH is 5. The lowest BCUT2D eigenvalue weighted by atomic mass is 9.96. The molecular formula is C26H30O13. The maximum absolute atomic E-state index is 12.5. The molecule has 5 rings (SSSR count). The second kappa shape index (κ2) is 11.0. The van der Waals surface area contributed by atoms with Crippen molar-refractivity contribution in [3.63, 3.8) is 0 Å². The van der Waals surface area contributed by atoms with E-state index in [1.54, 1.807) is 24.3 Å². The number of ketones is 1. The summed E-state index contributed by atoms with van der Waals surface area (Å²) in [6.07, 6.45) is -10.9. The highest BCUT2D eigenvalue weighted by atomic mass is 16.8. The van der Waals surface area contributed by atoms with E-state index < -0.39 is 74.6 Å². The largest absolute Gasteiger partial charge is 0.508 e. The number of aliphatic hydroxyl groups is 6. The molecule has 7 N–H and O–H groups in total.